The van der Waals surface area contributed by atoms with Gasteiger partial charge >= 0.3 is 0 Å². The van der Waals surface area contributed by atoms with Crippen LogP contribution in [0.15, 0.2) is 23.1 Å². The lowest BCUT2D eigenvalue weighted by molar-refractivity contribution is -0.130. The summed E-state index contributed by atoms with van der Waals surface area (Å²) < 4.78 is 44.4. The summed E-state index contributed by atoms with van der Waals surface area (Å²) in [7, 11) is -2.08. The molecular weight excluding hydrogens is 348 g/mol. The molecular formula is C16H20N2O6S. The Hall–Kier alpha value is -1.84. The summed E-state index contributed by atoms with van der Waals surface area (Å²) in [6.45, 7) is 1.45. The summed E-state index contributed by atoms with van der Waals surface area (Å²) in [5.74, 6) is 0.663. The van der Waals surface area contributed by atoms with Gasteiger partial charge in [-0.25, -0.2) is 8.42 Å². The lowest BCUT2D eigenvalue weighted by Crippen LogP contribution is -2.43. The molecule has 136 valence electrons. The first-order valence-corrected chi connectivity index (χ1v) is 9.68. The van der Waals surface area contributed by atoms with Gasteiger partial charge in [-0.3, -0.25) is 4.79 Å². The van der Waals surface area contributed by atoms with Crippen LogP contribution in [0, 0.1) is 0 Å². The van der Waals surface area contributed by atoms with Crippen molar-refractivity contribution >= 4 is 15.9 Å². The van der Waals surface area contributed by atoms with Gasteiger partial charge in [0.25, 0.3) is 0 Å². The van der Waals surface area contributed by atoms with Crippen LogP contribution in [-0.4, -0.2) is 75.6 Å². The molecule has 1 aromatic rings. The Bertz CT molecular complexity index is 796. The highest BCUT2D eigenvalue weighted by Gasteiger charge is 2.45. The number of carbonyl (C=O) groups excluding carboxylic acids is 1. The highest BCUT2D eigenvalue weighted by atomic mass is 32.2. The smallest absolute Gasteiger partial charge is 0.247 e. The van der Waals surface area contributed by atoms with Gasteiger partial charge in [0, 0.05) is 20.1 Å². The van der Waals surface area contributed by atoms with Crippen LogP contribution < -0.4 is 9.47 Å². The van der Waals surface area contributed by atoms with Crippen molar-refractivity contribution in [2.24, 2.45) is 0 Å². The highest BCUT2D eigenvalue weighted by Crippen LogP contribution is 2.39. The zero-order chi connectivity index (χ0) is 17.6. The number of rotatable bonds is 2. The quantitative estimate of drug-likeness (QED) is 0.735. The molecule has 3 heterocycles. The third-order valence-corrected chi connectivity index (χ3v) is 6.75. The van der Waals surface area contributed by atoms with Crippen LogP contribution in [0.2, 0.25) is 0 Å². The molecule has 8 nitrogen and oxygen atoms in total. The Morgan fingerprint density at radius 2 is 1.92 bits per heavy atom. The summed E-state index contributed by atoms with van der Waals surface area (Å²) in [6, 6.07) is 4.58. The van der Waals surface area contributed by atoms with Crippen LogP contribution >= 0.6 is 0 Å². The van der Waals surface area contributed by atoms with Gasteiger partial charge in [-0.1, -0.05) is 6.07 Å². The van der Waals surface area contributed by atoms with Crippen molar-refractivity contribution in [2.75, 3.05) is 40.0 Å². The van der Waals surface area contributed by atoms with Crippen molar-refractivity contribution in [3.05, 3.63) is 18.2 Å². The van der Waals surface area contributed by atoms with E-state index in [-0.39, 0.29) is 41.8 Å². The largest absolute Gasteiger partial charge is 0.486 e. The SMILES string of the molecule is CN1C(=O)CCO[C@H]2CN(S(=O)(=O)c3cccc4c3OCCO4)C[C@@H]21. The summed E-state index contributed by atoms with van der Waals surface area (Å²) >= 11 is 0. The molecule has 0 unspecified atom stereocenters. The standard InChI is InChI=1S/C16H20N2O6S/c1-17-11-9-18(10-13(11)22-6-5-15(17)19)25(20,21)14-4-2-3-12-16(14)24-8-7-23-12/h2-4,11,13H,5-10H2,1H3/t11-,13-/m0/s1. The first-order chi connectivity index (χ1) is 12.0. The van der Waals surface area contributed by atoms with E-state index in [0.717, 1.165) is 0 Å². The lowest BCUT2D eigenvalue weighted by Gasteiger charge is -2.25. The molecule has 1 amide bonds. The molecule has 0 saturated carbocycles. The van der Waals surface area contributed by atoms with Crippen LogP contribution in [0.4, 0.5) is 0 Å². The third-order valence-electron chi connectivity index (χ3n) is 4.89. The van der Waals surface area contributed by atoms with Crippen molar-refractivity contribution in [3.63, 3.8) is 0 Å². The van der Waals surface area contributed by atoms with Gasteiger partial charge in [0.1, 0.15) is 18.1 Å². The third kappa shape index (κ3) is 2.76. The Kier molecular flexibility index (Phi) is 4.09. The van der Waals surface area contributed by atoms with Crippen molar-refractivity contribution in [3.8, 4) is 11.5 Å². The second-order valence-corrected chi connectivity index (χ2v) is 8.24. The summed E-state index contributed by atoms with van der Waals surface area (Å²) in [5, 5.41) is 0. The zero-order valence-corrected chi connectivity index (χ0v) is 14.7. The maximum atomic E-state index is 13.2. The van der Waals surface area contributed by atoms with E-state index in [1.165, 1.54) is 10.4 Å². The Morgan fingerprint density at radius 3 is 2.76 bits per heavy atom. The fourth-order valence-electron chi connectivity index (χ4n) is 3.50. The number of para-hydroxylation sites is 1. The molecule has 3 aliphatic heterocycles. The fourth-order valence-corrected chi connectivity index (χ4v) is 5.12. The Balaban J connectivity index is 1.65. The lowest BCUT2D eigenvalue weighted by atomic mass is 10.2. The van der Waals surface area contributed by atoms with Crippen LogP contribution in [-0.2, 0) is 19.6 Å². The molecule has 0 aromatic heterocycles. The number of carbonyl (C=O) groups is 1. The molecule has 3 aliphatic rings. The zero-order valence-electron chi connectivity index (χ0n) is 13.9. The van der Waals surface area contributed by atoms with Crippen molar-refractivity contribution < 1.29 is 27.4 Å². The summed E-state index contributed by atoms with van der Waals surface area (Å²) in [6.07, 6.45) is 0.0103. The van der Waals surface area contributed by atoms with Crippen LogP contribution in [0.3, 0.4) is 0 Å². The predicted molar refractivity (Wildman–Crippen MR) is 87.1 cm³/mol. The molecule has 2 atom stereocenters. The average molecular weight is 368 g/mol. The second-order valence-electron chi connectivity index (χ2n) is 6.33. The number of benzene rings is 1. The number of ether oxygens (including phenoxy) is 3. The fraction of sp³-hybridized carbons (Fsp3) is 0.562. The molecule has 2 fully saturated rings. The number of hydrogen-bond acceptors (Lipinski definition) is 6. The summed E-state index contributed by atoms with van der Waals surface area (Å²) in [5.41, 5.74) is 0. The normalized spacial score (nSPS) is 27.1. The minimum Gasteiger partial charge on any atom is -0.486 e. The van der Waals surface area contributed by atoms with Crippen LogP contribution in [0.5, 0.6) is 11.5 Å². The topological polar surface area (TPSA) is 85.4 Å². The molecule has 4 rings (SSSR count). The molecule has 1 aromatic carbocycles. The molecule has 2 saturated heterocycles. The minimum absolute atomic E-state index is 0.0272. The number of amides is 1. The van der Waals surface area contributed by atoms with E-state index in [9.17, 15) is 13.2 Å². The number of sulfonamides is 1. The molecule has 0 N–H and O–H groups in total. The van der Waals surface area contributed by atoms with Crippen molar-refractivity contribution in [1.29, 1.82) is 0 Å². The number of fused-ring (bicyclic) bond motifs is 2. The number of nitrogens with zero attached hydrogens (tertiary/aromatic N) is 2. The van der Waals surface area contributed by atoms with Gasteiger partial charge in [-0.15, -0.1) is 0 Å². The van der Waals surface area contributed by atoms with Crippen molar-refractivity contribution in [1.82, 2.24) is 9.21 Å². The average Bonchev–Trinajstić information content (AvgIpc) is 3.00. The van der Waals surface area contributed by atoms with E-state index in [2.05, 4.69) is 0 Å². The van der Waals surface area contributed by atoms with Crippen molar-refractivity contribution in [2.45, 2.75) is 23.5 Å². The molecule has 0 bridgehead atoms. The molecule has 25 heavy (non-hydrogen) atoms. The summed E-state index contributed by atoms with van der Waals surface area (Å²) in [4.78, 5) is 13.7. The molecule has 0 spiro atoms. The van der Waals surface area contributed by atoms with E-state index in [1.807, 2.05) is 0 Å². The van der Waals surface area contributed by atoms with E-state index < -0.39 is 10.0 Å². The van der Waals surface area contributed by atoms with Gasteiger partial charge < -0.3 is 19.1 Å². The van der Waals surface area contributed by atoms with Gasteiger partial charge in [0.05, 0.1) is 25.2 Å². The van der Waals surface area contributed by atoms with Crippen LogP contribution in [0.25, 0.3) is 0 Å². The monoisotopic (exact) mass is 368 g/mol. The highest BCUT2D eigenvalue weighted by molar-refractivity contribution is 7.89. The number of likely N-dealkylation sites (N-methyl/N-ethyl adjacent to an activating group) is 1. The second kappa shape index (κ2) is 6.15. The van der Waals surface area contributed by atoms with E-state index in [4.69, 9.17) is 14.2 Å². The van der Waals surface area contributed by atoms with Gasteiger partial charge in [-0.05, 0) is 12.1 Å². The predicted octanol–water partition coefficient (Wildman–Crippen LogP) is 0.0780. The van der Waals surface area contributed by atoms with E-state index in [0.29, 0.717) is 32.0 Å². The van der Waals surface area contributed by atoms with Gasteiger partial charge in [-0.2, -0.15) is 4.31 Å². The Morgan fingerprint density at radius 1 is 1.12 bits per heavy atom. The minimum atomic E-state index is -3.78. The van der Waals surface area contributed by atoms with Gasteiger partial charge in [0.2, 0.25) is 15.9 Å². The van der Waals surface area contributed by atoms with E-state index >= 15 is 0 Å². The first-order valence-electron chi connectivity index (χ1n) is 8.24. The van der Waals surface area contributed by atoms with Gasteiger partial charge in [0.15, 0.2) is 11.5 Å². The number of hydrogen-bond donors (Lipinski definition) is 0. The molecule has 0 radical (unpaired) electrons. The maximum Gasteiger partial charge on any atom is 0.247 e. The Labute approximate surface area is 146 Å². The van der Waals surface area contributed by atoms with Crippen LogP contribution in [0.1, 0.15) is 6.42 Å². The molecule has 0 aliphatic carbocycles. The van der Waals surface area contributed by atoms with E-state index in [1.54, 1.807) is 24.1 Å². The maximum absolute atomic E-state index is 13.2. The first kappa shape index (κ1) is 16.6. The molecule has 9 heteroatoms.